The summed E-state index contributed by atoms with van der Waals surface area (Å²) >= 11 is 0. The monoisotopic (exact) mass is 242 g/mol. The number of carbonyl (C=O) groups excluding carboxylic acids is 1. The molecule has 0 radical (unpaired) electrons. The molecule has 0 saturated heterocycles. The van der Waals surface area contributed by atoms with E-state index in [2.05, 4.69) is 0 Å². The zero-order chi connectivity index (χ0) is 9.72. The SMILES string of the molecule is O=[C-][C@H](O)[C@@H](O)[C@H](O)[C@H](O)CO.[H-].[H-].[H-].[Li+].[Li+].[Na+].[Na+]. The van der Waals surface area contributed by atoms with Crippen LogP contribution in [0.4, 0.5) is 0 Å². The van der Waals surface area contributed by atoms with Crippen molar-refractivity contribution < 1.29 is 131 Å². The number of rotatable bonds is 5. The smallest absolute Gasteiger partial charge is 1.00 e. The average molecular weight is 242 g/mol. The van der Waals surface area contributed by atoms with Crippen LogP contribution in [-0.2, 0) is 4.79 Å². The standard InChI is InChI=1S/C6H11O6.2Li.2Na.3H/c7-1-3(9)5(11)6(12)4(10)2-8;;;;;;;/h3-7,9-12H,1H2;;;;;;;/q-1;4*+1;3*-1/t3-,4+,5-,6-;;;;;;;/m1......./s1. The topological polar surface area (TPSA) is 118 Å². The predicted molar refractivity (Wildman–Crippen MR) is 40.1 cm³/mol. The first-order valence-corrected chi connectivity index (χ1v) is 3.25. The molecule has 0 aromatic heterocycles. The Bertz CT molecular complexity index is 167. The molecule has 78 valence electrons. The summed E-state index contributed by atoms with van der Waals surface area (Å²) in [5, 5.41) is 43.4. The van der Waals surface area contributed by atoms with Gasteiger partial charge in [-0.25, -0.2) is 6.29 Å². The van der Waals surface area contributed by atoms with Gasteiger partial charge in [0.15, 0.2) is 0 Å². The molecule has 10 heteroatoms. The van der Waals surface area contributed by atoms with Gasteiger partial charge >= 0.3 is 96.8 Å². The second-order valence-electron chi connectivity index (χ2n) is 2.29. The van der Waals surface area contributed by atoms with Crippen molar-refractivity contribution in [2.24, 2.45) is 0 Å². The van der Waals surface area contributed by atoms with E-state index >= 15 is 0 Å². The molecule has 6 nitrogen and oxygen atoms in total. The maximum atomic E-state index is 9.77. The molecule has 0 aliphatic rings. The molecule has 5 N–H and O–H groups in total. The summed E-state index contributed by atoms with van der Waals surface area (Å²) in [5.41, 5.74) is 0. The zero-order valence-electron chi connectivity index (χ0n) is 13.2. The second kappa shape index (κ2) is 17.7. The van der Waals surface area contributed by atoms with Crippen LogP contribution in [0.15, 0.2) is 0 Å². The molecule has 0 amide bonds. The zero-order valence-corrected chi connectivity index (χ0v) is 14.2. The Kier molecular flexibility index (Phi) is 34.4. The van der Waals surface area contributed by atoms with E-state index in [1.165, 1.54) is 0 Å². The van der Waals surface area contributed by atoms with Gasteiger partial charge in [-0.3, -0.25) is 0 Å². The Hall–Kier alpha value is 2.66. The Balaban J connectivity index is -0.0000000288. The van der Waals surface area contributed by atoms with Gasteiger partial charge in [-0.05, 0) is 6.10 Å². The molecule has 0 spiro atoms. The molecule has 0 rings (SSSR count). The molecular weight excluding hydrogens is 228 g/mol. The van der Waals surface area contributed by atoms with Crippen molar-refractivity contribution in [1.29, 1.82) is 0 Å². The molecule has 0 aliphatic heterocycles. The van der Waals surface area contributed by atoms with Gasteiger partial charge in [-0.2, -0.15) is 0 Å². The van der Waals surface area contributed by atoms with E-state index in [4.69, 9.17) is 25.5 Å². The third kappa shape index (κ3) is 11.7. The first-order chi connectivity index (χ1) is 5.54. The molecule has 0 aromatic carbocycles. The third-order valence-electron chi connectivity index (χ3n) is 1.38. The summed E-state index contributed by atoms with van der Waals surface area (Å²) in [6.07, 6.45) is -6.07. The molecular formula is C6H14Li2Na2O6. The van der Waals surface area contributed by atoms with Gasteiger partial charge in [-0.1, -0.05) is 0 Å². The fourth-order valence-electron chi connectivity index (χ4n) is 0.592. The molecule has 0 bridgehead atoms. The van der Waals surface area contributed by atoms with Gasteiger partial charge in [0.25, 0.3) is 0 Å². The van der Waals surface area contributed by atoms with Crippen LogP contribution in [0, 0.1) is 0 Å². The average Bonchev–Trinajstić information content (AvgIpc) is 2.12. The van der Waals surface area contributed by atoms with Crippen LogP contribution in [-0.4, -0.2) is 62.8 Å². The quantitative estimate of drug-likeness (QED) is 0.241. The normalized spacial score (nSPS) is 15.8. The van der Waals surface area contributed by atoms with E-state index in [1.54, 1.807) is 0 Å². The van der Waals surface area contributed by atoms with Crippen molar-refractivity contribution >= 4 is 6.29 Å². The van der Waals surface area contributed by atoms with E-state index in [-0.39, 0.29) is 101 Å². The molecule has 0 unspecified atom stereocenters. The fourth-order valence-corrected chi connectivity index (χ4v) is 0.592. The minimum atomic E-state index is -1.89. The Morgan fingerprint density at radius 1 is 1.00 bits per heavy atom. The molecule has 0 fully saturated rings. The van der Waals surface area contributed by atoms with Crippen molar-refractivity contribution in [1.82, 2.24) is 0 Å². The van der Waals surface area contributed by atoms with E-state index in [0.717, 1.165) is 6.29 Å². The molecule has 0 saturated carbocycles. The van der Waals surface area contributed by atoms with E-state index in [1.807, 2.05) is 0 Å². The van der Waals surface area contributed by atoms with Crippen LogP contribution in [0.3, 0.4) is 0 Å². The number of aliphatic hydroxyl groups is 5. The molecule has 0 aromatic rings. The first-order valence-electron chi connectivity index (χ1n) is 3.25. The van der Waals surface area contributed by atoms with Crippen molar-refractivity contribution in [2.75, 3.05) is 6.61 Å². The van der Waals surface area contributed by atoms with Crippen molar-refractivity contribution in [2.45, 2.75) is 24.4 Å². The number of hydrogen-bond donors (Lipinski definition) is 5. The van der Waals surface area contributed by atoms with Crippen LogP contribution in [0.1, 0.15) is 4.28 Å². The van der Waals surface area contributed by atoms with Gasteiger partial charge in [0.1, 0.15) is 12.2 Å². The Morgan fingerprint density at radius 2 is 1.38 bits per heavy atom. The Morgan fingerprint density at radius 3 is 1.62 bits per heavy atom. The maximum Gasteiger partial charge on any atom is 1.00 e. The van der Waals surface area contributed by atoms with Crippen LogP contribution in [0.25, 0.3) is 0 Å². The van der Waals surface area contributed by atoms with Gasteiger partial charge in [0, 0.05) is 0 Å². The number of hydrogen-bond acceptors (Lipinski definition) is 6. The fraction of sp³-hybridized carbons (Fsp3) is 0.833. The summed E-state index contributed by atoms with van der Waals surface area (Å²) in [6, 6.07) is 0. The summed E-state index contributed by atoms with van der Waals surface area (Å²) in [4.78, 5) is 9.77. The minimum Gasteiger partial charge on any atom is -1.00 e. The van der Waals surface area contributed by atoms with Crippen molar-refractivity contribution in [3.63, 3.8) is 0 Å². The summed E-state index contributed by atoms with van der Waals surface area (Å²) in [7, 11) is 0. The summed E-state index contributed by atoms with van der Waals surface area (Å²) < 4.78 is 0. The van der Waals surface area contributed by atoms with Crippen LogP contribution in [0.2, 0.25) is 0 Å². The van der Waals surface area contributed by atoms with Gasteiger partial charge < -0.3 is 34.6 Å². The largest absolute Gasteiger partial charge is 1.00 e. The maximum absolute atomic E-state index is 9.77. The molecule has 0 heterocycles. The van der Waals surface area contributed by atoms with Gasteiger partial charge in [0.05, 0.1) is 12.7 Å². The molecule has 0 aliphatic carbocycles. The minimum absolute atomic E-state index is 0. The van der Waals surface area contributed by atoms with Crippen LogP contribution >= 0.6 is 0 Å². The van der Waals surface area contributed by atoms with Crippen molar-refractivity contribution in [3.8, 4) is 0 Å². The second-order valence-corrected chi connectivity index (χ2v) is 2.29. The predicted octanol–water partition coefficient (Wildman–Crippen LogP) is -15.1. The summed E-state index contributed by atoms with van der Waals surface area (Å²) in [5.74, 6) is 0. The van der Waals surface area contributed by atoms with Gasteiger partial charge in [-0.15, -0.1) is 0 Å². The van der Waals surface area contributed by atoms with E-state index in [9.17, 15) is 4.79 Å². The van der Waals surface area contributed by atoms with Crippen LogP contribution in [0.5, 0.6) is 0 Å². The summed E-state index contributed by atoms with van der Waals surface area (Å²) in [6.45, 7) is -0.774. The Labute approximate surface area is 167 Å². The van der Waals surface area contributed by atoms with Crippen LogP contribution < -0.4 is 96.8 Å². The van der Waals surface area contributed by atoms with E-state index in [0.29, 0.717) is 0 Å². The van der Waals surface area contributed by atoms with E-state index < -0.39 is 31.0 Å². The molecule has 4 atom stereocenters. The number of aliphatic hydroxyl groups excluding tert-OH is 5. The molecule has 16 heavy (non-hydrogen) atoms. The third-order valence-corrected chi connectivity index (χ3v) is 1.38. The first kappa shape index (κ1) is 31.2. The van der Waals surface area contributed by atoms with Crippen molar-refractivity contribution in [3.05, 3.63) is 0 Å². The van der Waals surface area contributed by atoms with Gasteiger partial charge in [0.2, 0.25) is 0 Å².